The van der Waals surface area contributed by atoms with E-state index in [2.05, 4.69) is 29.8 Å². The summed E-state index contributed by atoms with van der Waals surface area (Å²) < 4.78 is 34.0. The average Bonchev–Trinajstić information content (AvgIpc) is 3.81. The Morgan fingerprint density at radius 1 is 0.667 bits per heavy atom. The molecule has 0 aromatic carbocycles. The van der Waals surface area contributed by atoms with Gasteiger partial charge in [-0.25, -0.2) is 9.36 Å². The molecule has 0 bridgehead atoms. The molecule has 0 aliphatic carbocycles. The van der Waals surface area contributed by atoms with Gasteiger partial charge in [0.15, 0.2) is 6.10 Å². The van der Waals surface area contributed by atoms with Crippen molar-refractivity contribution in [2.45, 2.75) is 243 Å². The molecule has 1 radical (unpaired) electrons. The second-order valence-corrected chi connectivity index (χ2v) is 20.3. The molecular weight excluding hydrogens is 853 g/mol. The van der Waals surface area contributed by atoms with Crippen molar-refractivity contribution >= 4 is 73.0 Å². The van der Waals surface area contributed by atoms with Gasteiger partial charge in [-0.1, -0.05) is 174 Å². The topological polar surface area (TPSA) is 179 Å². The Balaban J connectivity index is 0.0000198. The van der Waals surface area contributed by atoms with Crippen molar-refractivity contribution in [2.75, 3.05) is 32.1 Å². The molecule has 0 aromatic heterocycles. The molecule has 2 aliphatic rings. The molecule has 5 atom stereocenters. The summed E-state index contributed by atoms with van der Waals surface area (Å²) >= 11 is 1.84. The van der Waals surface area contributed by atoms with E-state index in [4.69, 9.17) is 18.5 Å². The SMILES string of the molecule is CCCCCCCCCCCCCCCC(=O)OC[C@H](COP(=O)(O)OCCNC(=O)CCCC[C@@H]1SC[C@@H]2NC(=O)N[C@@H]21)OC(=O)CCCCCCCCCCCCCCC.[Na]. The first kappa shape index (κ1) is 60.2. The maximum absolute atomic E-state index is 12.8. The van der Waals surface area contributed by atoms with Gasteiger partial charge in [-0.2, -0.15) is 11.8 Å². The average molecular weight is 941 g/mol. The van der Waals surface area contributed by atoms with E-state index in [0.29, 0.717) is 30.9 Å². The number of esters is 2. The van der Waals surface area contributed by atoms with Crippen LogP contribution < -0.4 is 16.0 Å². The maximum atomic E-state index is 12.8. The van der Waals surface area contributed by atoms with Gasteiger partial charge in [0.1, 0.15) is 6.61 Å². The first-order valence-electron chi connectivity index (χ1n) is 25.1. The van der Waals surface area contributed by atoms with Gasteiger partial charge in [-0.05, 0) is 25.7 Å². The predicted molar refractivity (Wildman–Crippen MR) is 256 cm³/mol. The number of phosphoric acid groups is 1. The van der Waals surface area contributed by atoms with Gasteiger partial charge in [-0.15, -0.1) is 0 Å². The van der Waals surface area contributed by atoms with Crippen LogP contribution >= 0.6 is 19.6 Å². The van der Waals surface area contributed by atoms with Gasteiger partial charge in [0.05, 0.1) is 25.3 Å². The molecule has 0 aromatic rings. The zero-order valence-corrected chi connectivity index (χ0v) is 43.7. The van der Waals surface area contributed by atoms with E-state index in [-0.39, 0.29) is 86.2 Å². The Morgan fingerprint density at radius 3 is 1.67 bits per heavy atom. The molecule has 2 rings (SSSR count). The maximum Gasteiger partial charge on any atom is 0.472 e. The molecule has 63 heavy (non-hydrogen) atoms. The van der Waals surface area contributed by atoms with Crippen LogP contribution in [0.4, 0.5) is 4.79 Å². The third-order valence-electron chi connectivity index (χ3n) is 11.9. The van der Waals surface area contributed by atoms with Crippen LogP contribution in [0.1, 0.15) is 219 Å². The second-order valence-electron chi connectivity index (χ2n) is 17.6. The summed E-state index contributed by atoms with van der Waals surface area (Å²) in [5.74, 6) is -0.175. The number of hydrogen-bond acceptors (Lipinski definition) is 10. The summed E-state index contributed by atoms with van der Waals surface area (Å²) in [6.07, 6.45) is 33.3. The molecule has 2 fully saturated rings. The van der Waals surface area contributed by atoms with Crippen LogP contribution in [0.5, 0.6) is 0 Å². The van der Waals surface area contributed by atoms with Crippen molar-refractivity contribution in [3.05, 3.63) is 0 Å². The zero-order chi connectivity index (χ0) is 44.9. The predicted octanol–water partition coefficient (Wildman–Crippen LogP) is 11.0. The molecule has 16 heteroatoms. The van der Waals surface area contributed by atoms with Crippen LogP contribution in [0, 0.1) is 0 Å². The van der Waals surface area contributed by atoms with E-state index in [1.165, 1.54) is 116 Å². The molecule has 0 saturated carbocycles. The molecule has 2 aliphatic heterocycles. The second kappa shape index (κ2) is 40.2. The van der Waals surface area contributed by atoms with Crippen LogP contribution in [0.25, 0.3) is 0 Å². The molecule has 0 spiro atoms. The standard InChI is InChI=1S/C47H88N3O10PS.Na/c1-3-5-7-9-11-13-15-17-19-21-23-25-27-33-44(52)57-37-40(60-45(53)34-28-26-24-22-20-18-16-14-12-10-8-6-4-2)38-59-61(55,56)58-36-35-48-43(51)32-30-29-31-42-46-41(39-62-42)49-47(54)50-46;/h40-42,46H,3-39H2,1-2H3,(H,48,51)(H,55,56)(H2,49,50,54);/t40-,41+,42+,46+;/m1./s1. The number of carbonyl (C=O) groups excluding carboxylic acids is 4. The van der Waals surface area contributed by atoms with Crippen molar-refractivity contribution in [3.63, 3.8) is 0 Å². The number of phosphoric ester groups is 1. The third-order valence-corrected chi connectivity index (χ3v) is 14.4. The quantitative estimate of drug-likeness (QED) is 0.0150. The van der Waals surface area contributed by atoms with Crippen molar-refractivity contribution in [3.8, 4) is 0 Å². The Morgan fingerprint density at radius 2 is 1.14 bits per heavy atom. The Hall–Kier alpha value is -0.860. The van der Waals surface area contributed by atoms with E-state index in [9.17, 15) is 28.6 Å². The van der Waals surface area contributed by atoms with E-state index >= 15 is 0 Å². The third kappa shape index (κ3) is 33.3. The smallest absolute Gasteiger partial charge is 0.462 e. The zero-order valence-electron chi connectivity index (χ0n) is 39.9. The number of thioether (sulfide) groups is 1. The van der Waals surface area contributed by atoms with E-state index in [1.807, 2.05) is 11.8 Å². The van der Waals surface area contributed by atoms with Gasteiger partial charge in [0, 0.05) is 66.4 Å². The number of fused-ring (bicyclic) bond motifs is 1. The Bertz CT molecular complexity index is 1240. The summed E-state index contributed by atoms with van der Waals surface area (Å²) in [7, 11) is -4.56. The number of amides is 3. The Kier molecular flexibility index (Phi) is 38.4. The summed E-state index contributed by atoms with van der Waals surface area (Å²) in [4.78, 5) is 59.6. The van der Waals surface area contributed by atoms with Crippen LogP contribution in [-0.2, 0) is 37.5 Å². The monoisotopic (exact) mass is 941 g/mol. The largest absolute Gasteiger partial charge is 0.472 e. The molecule has 1 unspecified atom stereocenters. The molecular formula is C47H88N3NaO10PS. The molecule has 2 saturated heterocycles. The van der Waals surface area contributed by atoms with Gasteiger partial charge < -0.3 is 30.3 Å². The number of unbranched alkanes of at least 4 members (excludes halogenated alkanes) is 25. The molecule has 4 N–H and O–H groups in total. The van der Waals surface area contributed by atoms with Gasteiger partial charge in [-0.3, -0.25) is 23.4 Å². The minimum absolute atomic E-state index is 0. The number of nitrogens with one attached hydrogen (secondary N) is 3. The van der Waals surface area contributed by atoms with Crippen molar-refractivity contribution in [2.24, 2.45) is 0 Å². The van der Waals surface area contributed by atoms with Gasteiger partial charge in [0.25, 0.3) is 0 Å². The summed E-state index contributed by atoms with van der Waals surface area (Å²) in [5.41, 5.74) is 0. The molecule has 3 amide bonds. The van der Waals surface area contributed by atoms with E-state index in [1.54, 1.807) is 0 Å². The van der Waals surface area contributed by atoms with E-state index < -0.39 is 32.5 Å². The van der Waals surface area contributed by atoms with E-state index in [0.717, 1.165) is 57.1 Å². The summed E-state index contributed by atoms with van der Waals surface area (Å²) in [6.45, 7) is 3.47. The summed E-state index contributed by atoms with van der Waals surface area (Å²) in [6, 6.07) is 0.201. The Labute approximate surface area is 408 Å². The van der Waals surface area contributed by atoms with Crippen LogP contribution in [0.2, 0.25) is 0 Å². The number of hydrogen-bond donors (Lipinski definition) is 4. The summed E-state index contributed by atoms with van der Waals surface area (Å²) in [5, 5.41) is 8.94. The van der Waals surface area contributed by atoms with Crippen LogP contribution in [-0.4, -0.2) is 114 Å². The normalized spacial score (nSPS) is 18.1. The first-order valence-corrected chi connectivity index (χ1v) is 27.6. The fourth-order valence-electron chi connectivity index (χ4n) is 8.12. The molecule has 13 nitrogen and oxygen atoms in total. The van der Waals surface area contributed by atoms with Crippen molar-refractivity contribution in [1.29, 1.82) is 0 Å². The number of rotatable bonds is 43. The number of ether oxygens (including phenoxy) is 2. The van der Waals surface area contributed by atoms with Crippen molar-refractivity contribution in [1.82, 2.24) is 16.0 Å². The number of carbonyl (C=O) groups is 4. The fourth-order valence-corrected chi connectivity index (χ4v) is 10.4. The van der Waals surface area contributed by atoms with Gasteiger partial charge >= 0.3 is 25.8 Å². The fraction of sp³-hybridized carbons (Fsp3) is 0.915. The number of urea groups is 1. The molecule has 2 heterocycles. The minimum Gasteiger partial charge on any atom is -0.462 e. The van der Waals surface area contributed by atoms with Crippen LogP contribution in [0.3, 0.4) is 0 Å². The minimum atomic E-state index is -4.56. The van der Waals surface area contributed by atoms with Crippen LogP contribution in [0.15, 0.2) is 0 Å². The van der Waals surface area contributed by atoms with Gasteiger partial charge in [0.2, 0.25) is 5.91 Å². The first-order chi connectivity index (χ1) is 30.1. The molecule has 363 valence electrons. The van der Waals surface area contributed by atoms with Crippen molar-refractivity contribution < 1.29 is 47.2 Å².